The number of likely N-dealkylation sites (N-methyl/N-ethyl adjacent to an activating group) is 2. The van der Waals surface area contributed by atoms with Crippen molar-refractivity contribution in [3.8, 4) is 0 Å². The van der Waals surface area contributed by atoms with Crippen molar-refractivity contribution in [2.45, 2.75) is 192 Å². The van der Waals surface area contributed by atoms with Gasteiger partial charge >= 0.3 is 5.97 Å². The first-order chi connectivity index (χ1) is 25.8. The van der Waals surface area contributed by atoms with Gasteiger partial charge in [-0.15, -0.1) is 0 Å². The quantitative estimate of drug-likeness (QED) is 0.175. The maximum absolute atomic E-state index is 14.3. The lowest BCUT2D eigenvalue weighted by molar-refractivity contribution is -0.339. The molecular weight excluding hydrogens is 726 g/mol. The molecule has 0 aromatic carbocycles. The molecular formula is C41H79N3O12. The minimum absolute atomic E-state index is 0.0976. The molecule has 15 heteroatoms. The Morgan fingerprint density at radius 1 is 0.929 bits per heavy atom. The maximum Gasteiger partial charge on any atom is 0.311 e. The summed E-state index contributed by atoms with van der Waals surface area (Å²) in [6.07, 6.45) is -7.57. The van der Waals surface area contributed by atoms with Crippen LogP contribution in [0.3, 0.4) is 0 Å². The van der Waals surface area contributed by atoms with Gasteiger partial charge < -0.3 is 69.1 Å². The van der Waals surface area contributed by atoms with Gasteiger partial charge in [0.25, 0.3) is 0 Å². The Balaban J connectivity index is 2.18. The second kappa shape index (κ2) is 19.6. The summed E-state index contributed by atoms with van der Waals surface area (Å²) in [5.41, 5.74) is -5.94. The van der Waals surface area contributed by atoms with Gasteiger partial charge in [0.2, 0.25) is 0 Å². The van der Waals surface area contributed by atoms with E-state index in [4.69, 9.17) is 28.4 Å². The first kappa shape index (κ1) is 49.3. The highest BCUT2D eigenvalue weighted by Crippen LogP contribution is 2.43. The number of carbonyl (C=O) groups excluding carboxylic acids is 1. The van der Waals surface area contributed by atoms with E-state index in [1.807, 2.05) is 65.6 Å². The van der Waals surface area contributed by atoms with Crippen molar-refractivity contribution < 1.29 is 58.7 Å². The van der Waals surface area contributed by atoms with Crippen molar-refractivity contribution in [2.75, 3.05) is 47.9 Å². The molecule has 56 heavy (non-hydrogen) atoms. The van der Waals surface area contributed by atoms with Crippen molar-refractivity contribution in [3.05, 3.63) is 0 Å². The van der Waals surface area contributed by atoms with Crippen molar-refractivity contribution in [1.82, 2.24) is 15.1 Å². The van der Waals surface area contributed by atoms with Gasteiger partial charge in [-0.1, -0.05) is 27.7 Å². The Kier molecular flexibility index (Phi) is 17.2. The van der Waals surface area contributed by atoms with Crippen LogP contribution in [0.5, 0.6) is 0 Å². The van der Waals surface area contributed by atoms with Gasteiger partial charge in [-0.25, -0.2) is 0 Å². The van der Waals surface area contributed by atoms with Crippen molar-refractivity contribution in [2.24, 2.45) is 17.8 Å². The summed E-state index contributed by atoms with van der Waals surface area (Å²) in [5, 5.41) is 62.6. The molecule has 3 fully saturated rings. The van der Waals surface area contributed by atoms with Gasteiger partial charge in [0.15, 0.2) is 12.6 Å². The highest BCUT2D eigenvalue weighted by Gasteiger charge is 2.59. The fourth-order valence-electron chi connectivity index (χ4n) is 9.24. The molecule has 3 aliphatic rings. The summed E-state index contributed by atoms with van der Waals surface area (Å²) >= 11 is 0. The van der Waals surface area contributed by atoms with Crippen LogP contribution in [0.2, 0.25) is 0 Å². The fourth-order valence-corrected chi connectivity index (χ4v) is 9.24. The molecule has 3 heterocycles. The SMILES string of the molecule is CC[C@H]1OC(=O)[C@H](C)[C@@H](O[C@H]2C[C@@](C)(OC)[C@@](O)(CN(C)CC)[C@H](C)O2)[C@H](C)[C@@H](O[C@@H]2O[C@H](C)C[C@H](N(C)C)[C@H]2O)[C@](C)(O)C[C@@H](C)CN[C@H](C)[C@@H](O)[C@]1(C)O. The van der Waals surface area contributed by atoms with Crippen LogP contribution in [0.25, 0.3) is 0 Å². The predicted molar refractivity (Wildman–Crippen MR) is 212 cm³/mol. The molecule has 0 amide bonds. The van der Waals surface area contributed by atoms with Crippen LogP contribution in [-0.2, 0) is 33.2 Å². The molecule has 0 radical (unpaired) electrons. The number of nitrogens with zero attached hydrogens (tertiary/aromatic N) is 2. The van der Waals surface area contributed by atoms with E-state index < -0.39 is 95.5 Å². The molecule has 0 aliphatic carbocycles. The first-order valence-electron chi connectivity index (χ1n) is 20.8. The highest BCUT2D eigenvalue weighted by atomic mass is 16.7. The predicted octanol–water partition coefficient (Wildman–Crippen LogP) is 1.88. The number of nitrogens with one attached hydrogen (secondary N) is 1. The number of hydrogen-bond donors (Lipinski definition) is 6. The van der Waals surface area contributed by atoms with Crippen molar-refractivity contribution in [3.63, 3.8) is 0 Å². The van der Waals surface area contributed by atoms with Crippen LogP contribution in [0, 0.1) is 17.8 Å². The van der Waals surface area contributed by atoms with Crippen LogP contribution in [0.4, 0.5) is 0 Å². The van der Waals surface area contributed by atoms with Crippen molar-refractivity contribution in [1.29, 1.82) is 0 Å². The molecule has 0 saturated carbocycles. The number of esters is 1. The Hall–Kier alpha value is -1.05. The number of hydrogen-bond acceptors (Lipinski definition) is 15. The number of rotatable bonds is 10. The zero-order valence-corrected chi connectivity index (χ0v) is 37.0. The molecule has 330 valence electrons. The van der Waals surface area contributed by atoms with Gasteiger partial charge in [0.05, 0.1) is 35.9 Å². The summed E-state index contributed by atoms with van der Waals surface area (Å²) in [6, 6.07) is -0.877. The minimum Gasteiger partial charge on any atom is -0.459 e. The van der Waals surface area contributed by atoms with E-state index in [9.17, 15) is 30.3 Å². The first-order valence-corrected chi connectivity index (χ1v) is 20.8. The van der Waals surface area contributed by atoms with Gasteiger partial charge in [0.1, 0.15) is 35.1 Å². The van der Waals surface area contributed by atoms with E-state index in [2.05, 4.69) is 5.32 Å². The summed E-state index contributed by atoms with van der Waals surface area (Å²) in [4.78, 5) is 18.2. The molecule has 3 aliphatic heterocycles. The fraction of sp³-hybridized carbons (Fsp3) is 0.976. The summed E-state index contributed by atoms with van der Waals surface area (Å²) in [5.74, 6) is -2.66. The lowest BCUT2D eigenvalue weighted by Crippen LogP contribution is -2.70. The zero-order valence-electron chi connectivity index (χ0n) is 37.0. The third-order valence-electron chi connectivity index (χ3n) is 13.2. The Labute approximate surface area is 336 Å². The van der Waals surface area contributed by atoms with Crippen LogP contribution < -0.4 is 5.32 Å². The molecule has 0 aromatic rings. The molecule has 0 bridgehead atoms. The number of aliphatic hydroxyl groups is 5. The van der Waals surface area contributed by atoms with Gasteiger partial charge in [-0.05, 0) is 108 Å². The minimum atomic E-state index is -1.81. The molecule has 3 saturated heterocycles. The molecule has 0 aromatic heterocycles. The topological polar surface area (TPSA) is 192 Å². The third kappa shape index (κ3) is 10.8. The van der Waals surface area contributed by atoms with E-state index in [1.54, 1.807) is 41.7 Å². The molecule has 3 rings (SSSR count). The lowest BCUT2D eigenvalue weighted by atomic mass is 9.75. The second-order valence-electron chi connectivity index (χ2n) is 18.3. The maximum atomic E-state index is 14.3. The Morgan fingerprint density at radius 3 is 2.11 bits per heavy atom. The summed E-state index contributed by atoms with van der Waals surface area (Å²) < 4.78 is 38.4. The molecule has 0 spiro atoms. The largest absolute Gasteiger partial charge is 0.459 e. The third-order valence-corrected chi connectivity index (χ3v) is 13.2. The normalized spacial score (nSPS) is 48.0. The number of aliphatic hydroxyl groups excluding tert-OH is 2. The zero-order chi connectivity index (χ0) is 42.7. The number of carbonyl (C=O) groups is 1. The van der Waals surface area contributed by atoms with Gasteiger partial charge in [-0.2, -0.15) is 0 Å². The highest BCUT2D eigenvalue weighted by molar-refractivity contribution is 5.73. The number of methoxy groups -OCH3 is 1. The second-order valence-corrected chi connectivity index (χ2v) is 18.3. The lowest BCUT2D eigenvalue weighted by Gasteiger charge is -2.54. The number of ether oxygens (including phenoxy) is 6. The van der Waals surface area contributed by atoms with E-state index in [0.717, 1.165) is 0 Å². The average Bonchev–Trinajstić information content (AvgIpc) is 3.12. The Morgan fingerprint density at radius 2 is 1.55 bits per heavy atom. The van der Waals surface area contributed by atoms with Crippen LogP contribution in [0.1, 0.15) is 102 Å². The Bertz CT molecular complexity index is 1240. The van der Waals surface area contributed by atoms with Crippen molar-refractivity contribution >= 4 is 5.97 Å². The van der Waals surface area contributed by atoms with Gasteiger partial charge in [-0.3, -0.25) is 4.79 Å². The van der Waals surface area contributed by atoms with E-state index >= 15 is 0 Å². The van der Waals surface area contributed by atoms with E-state index in [1.165, 1.54) is 6.92 Å². The molecule has 6 N–H and O–H groups in total. The molecule has 18 atom stereocenters. The smallest absolute Gasteiger partial charge is 0.311 e. The summed E-state index contributed by atoms with van der Waals surface area (Å²) in [6.45, 7) is 20.9. The van der Waals surface area contributed by atoms with Crippen LogP contribution >= 0.6 is 0 Å². The summed E-state index contributed by atoms with van der Waals surface area (Å²) in [7, 11) is 7.22. The van der Waals surface area contributed by atoms with Crippen LogP contribution in [0.15, 0.2) is 0 Å². The van der Waals surface area contributed by atoms with E-state index in [-0.39, 0.29) is 43.9 Å². The van der Waals surface area contributed by atoms with Crippen LogP contribution in [-0.4, -0.2) is 179 Å². The standard InChI is InChI=1S/C41H79N3O12/c1-16-30-40(11,49)34(46)27(7)42-21-23(3)19-38(9,48)35(56-37-32(45)29(43(12)13)18-24(4)52-37)25(5)33(26(6)36(47)54-30)55-31-20-39(10,51-15)41(50,28(8)53-31)22-44(14)17-2/h23-35,37,42,45-46,48-50H,16-22H2,1-15H3/t23-,24-,25+,26-,27-,28+,29+,30-,31+,32-,33+,34-,35-,37+,38-,39-,40-,41-/m1/s1. The monoisotopic (exact) mass is 806 g/mol. The molecule has 0 unspecified atom stereocenters. The molecule has 15 nitrogen and oxygen atoms in total. The average molecular weight is 806 g/mol. The number of cyclic esters (lactones) is 1. The van der Waals surface area contributed by atoms with Gasteiger partial charge in [0, 0.05) is 38.1 Å². The van der Waals surface area contributed by atoms with E-state index in [0.29, 0.717) is 19.5 Å².